The molecule has 314 valence electrons. The lowest BCUT2D eigenvalue weighted by Gasteiger charge is -2.32. The molecule has 2 aliphatic heterocycles. The van der Waals surface area contributed by atoms with E-state index in [4.69, 9.17) is 19.6 Å². The first-order valence-corrected chi connectivity index (χ1v) is 21.6. The van der Waals surface area contributed by atoms with Gasteiger partial charge in [-0.15, -0.1) is 0 Å². The lowest BCUT2D eigenvalue weighted by Crippen LogP contribution is -2.42. The SMILES string of the molecule is COOC=NC1CCC(C(=O)N2CCC[C@H]2c2nc3ccc(-c4ccc(-c5ccc6nc([C@@H]7CCCN7C(=O)C7CCC(NC(=O)OC)CC7)[nH]c6c5)cc4)cc3[nH]2)CC1. The first kappa shape index (κ1) is 39.7. The Morgan fingerprint density at radius 3 is 1.63 bits per heavy atom. The largest absolute Gasteiger partial charge is 0.453 e. The number of benzene rings is 3. The van der Waals surface area contributed by atoms with E-state index >= 15 is 0 Å². The van der Waals surface area contributed by atoms with Crippen LogP contribution in [-0.4, -0.2) is 93.4 Å². The second-order valence-electron chi connectivity index (χ2n) is 16.9. The smallest absolute Gasteiger partial charge is 0.407 e. The summed E-state index contributed by atoms with van der Waals surface area (Å²) in [7, 11) is 2.83. The van der Waals surface area contributed by atoms with E-state index in [1.807, 2.05) is 9.80 Å². The number of imidazole rings is 2. The Kier molecular flexibility index (Phi) is 11.5. The summed E-state index contributed by atoms with van der Waals surface area (Å²) in [5.41, 5.74) is 8.09. The van der Waals surface area contributed by atoms with Crippen molar-refractivity contribution in [3.05, 3.63) is 72.3 Å². The Morgan fingerprint density at radius 1 is 0.667 bits per heavy atom. The molecule has 2 saturated carbocycles. The van der Waals surface area contributed by atoms with E-state index in [1.165, 1.54) is 20.6 Å². The van der Waals surface area contributed by atoms with Crippen LogP contribution < -0.4 is 5.32 Å². The van der Waals surface area contributed by atoms with Gasteiger partial charge in [0, 0.05) is 31.0 Å². The number of hydrogen-bond acceptors (Lipinski definition) is 9. The zero-order valence-corrected chi connectivity index (χ0v) is 34.4. The number of carbonyl (C=O) groups excluding carboxylic acids is 3. The normalized spacial score (nSPS) is 24.7. The van der Waals surface area contributed by atoms with Gasteiger partial charge in [0.2, 0.25) is 18.2 Å². The van der Waals surface area contributed by atoms with E-state index in [1.54, 1.807) is 0 Å². The number of carbonyl (C=O) groups is 3. The third-order valence-electron chi connectivity index (χ3n) is 13.3. The number of rotatable bonds is 10. The molecule has 3 amide bonds. The minimum atomic E-state index is -0.414. The number of ether oxygens (including phenoxy) is 1. The van der Waals surface area contributed by atoms with Crippen LogP contribution in [0.5, 0.6) is 0 Å². The Balaban J connectivity index is 0.843. The highest BCUT2D eigenvalue weighted by molar-refractivity contribution is 5.86. The van der Waals surface area contributed by atoms with Crippen LogP contribution in [0.4, 0.5) is 4.79 Å². The van der Waals surface area contributed by atoms with Crippen LogP contribution in [0.15, 0.2) is 65.7 Å². The van der Waals surface area contributed by atoms with Crippen LogP contribution in [-0.2, 0) is 24.1 Å². The van der Waals surface area contributed by atoms with Crippen LogP contribution in [0.25, 0.3) is 44.3 Å². The molecule has 14 heteroatoms. The fraction of sp³-hybridized carbons (Fsp3) is 0.478. The van der Waals surface area contributed by atoms with Gasteiger partial charge in [-0.2, -0.15) is 4.89 Å². The number of aliphatic imine (C=N–C) groups is 1. The van der Waals surface area contributed by atoms with Crippen molar-refractivity contribution >= 4 is 46.4 Å². The number of likely N-dealkylation sites (tertiary alicyclic amines) is 2. The number of aromatic nitrogens is 4. The van der Waals surface area contributed by atoms with Gasteiger partial charge < -0.3 is 34.7 Å². The Labute approximate surface area is 349 Å². The molecule has 14 nitrogen and oxygen atoms in total. The fourth-order valence-corrected chi connectivity index (χ4v) is 10.0. The maximum Gasteiger partial charge on any atom is 0.407 e. The number of aromatic amines is 2. The first-order chi connectivity index (χ1) is 29.3. The summed E-state index contributed by atoms with van der Waals surface area (Å²) in [4.78, 5) is 74.1. The number of hydrogen-bond donors (Lipinski definition) is 3. The molecule has 2 aromatic heterocycles. The lowest BCUT2D eigenvalue weighted by atomic mass is 9.85. The van der Waals surface area contributed by atoms with Crippen molar-refractivity contribution in [1.29, 1.82) is 0 Å². The van der Waals surface area contributed by atoms with E-state index in [2.05, 4.69) is 85.8 Å². The fourth-order valence-electron chi connectivity index (χ4n) is 10.0. The summed E-state index contributed by atoms with van der Waals surface area (Å²) in [5.74, 6) is 2.10. The number of fused-ring (bicyclic) bond motifs is 2. The summed E-state index contributed by atoms with van der Waals surface area (Å²) in [6, 6.07) is 21.3. The van der Waals surface area contributed by atoms with Gasteiger partial charge in [0.25, 0.3) is 0 Å². The number of amides is 3. The maximum absolute atomic E-state index is 13.7. The molecule has 2 aliphatic carbocycles. The van der Waals surface area contributed by atoms with Gasteiger partial charge in [0.1, 0.15) is 11.6 Å². The van der Waals surface area contributed by atoms with Crippen molar-refractivity contribution in [2.75, 3.05) is 27.3 Å². The van der Waals surface area contributed by atoms with Crippen molar-refractivity contribution in [3.8, 4) is 22.3 Å². The predicted octanol–water partition coefficient (Wildman–Crippen LogP) is 8.18. The molecule has 3 aromatic carbocycles. The van der Waals surface area contributed by atoms with Crippen LogP contribution in [0.3, 0.4) is 0 Å². The molecule has 0 unspecified atom stereocenters. The van der Waals surface area contributed by atoms with Crippen molar-refractivity contribution in [2.45, 2.75) is 101 Å². The van der Waals surface area contributed by atoms with Gasteiger partial charge in [-0.05, 0) is 124 Å². The highest BCUT2D eigenvalue weighted by Crippen LogP contribution is 2.38. The van der Waals surface area contributed by atoms with Gasteiger partial charge in [0.05, 0.1) is 54.4 Å². The number of alkyl carbamates (subject to hydrolysis) is 1. The van der Waals surface area contributed by atoms with Gasteiger partial charge in [0.15, 0.2) is 0 Å². The van der Waals surface area contributed by atoms with E-state index < -0.39 is 6.09 Å². The zero-order valence-electron chi connectivity index (χ0n) is 34.4. The highest BCUT2D eigenvalue weighted by atomic mass is 17.2. The van der Waals surface area contributed by atoms with Gasteiger partial charge >= 0.3 is 6.09 Å². The van der Waals surface area contributed by atoms with Crippen molar-refractivity contribution < 1.29 is 28.9 Å². The number of methoxy groups -OCH3 is 1. The predicted molar refractivity (Wildman–Crippen MR) is 228 cm³/mol. The molecule has 3 N–H and O–H groups in total. The van der Waals surface area contributed by atoms with Crippen LogP contribution >= 0.6 is 0 Å². The molecule has 0 spiro atoms. The second-order valence-corrected chi connectivity index (χ2v) is 16.9. The Bertz CT molecular complexity index is 2360. The van der Waals surface area contributed by atoms with Crippen LogP contribution in [0, 0.1) is 11.8 Å². The molecule has 4 aliphatic rings. The van der Waals surface area contributed by atoms with Gasteiger partial charge in [-0.1, -0.05) is 36.4 Å². The summed E-state index contributed by atoms with van der Waals surface area (Å²) < 4.78 is 4.75. The third-order valence-corrected chi connectivity index (χ3v) is 13.3. The monoisotopic (exact) mass is 814 g/mol. The first-order valence-electron chi connectivity index (χ1n) is 21.6. The van der Waals surface area contributed by atoms with E-state index in [9.17, 15) is 14.4 Å². The number of H-pyrrole nitrogens is 2. The van der Waals surface area contributed by atoms with Crippen molar-refractivity contribution in [2.24, 2.45) is 16.8 Å². The second kappa shape index (κ2) is 17.5. The zero-order chi connectivity index (χ0) is 41.2. The van der Waals surface area contributed by atoms with Crippen LogP contribution in [0.1, 0.15) is 101 Å². The molecule has 2 atom stereocenters. The van der Waals surface area contributed by atoms with Crippen molar-refractivity contribution in [3.63, 3.8) is 0 Å². The van der Waals surface area contributed by atoms with Crippen LogP contribution in [0.2, 0.25) is 0 Å². The average Bonchev–Trinajstić information content (AvgIpc) is 4.12. The van der Waals surface area contributed by atoms with Gasteiger partial charge in [-0.25, -0.2) is 14.8 Å². The quantitative estimate of drug-likeness (QED) is 0.0549. The highest BCUT2D eigenvalue weighted by Gasteiger charge is 2.39. The van der Waals surface area contributed by atoms with E-state index in [0.717, 1.165) is 146 Å². The topological polar surface area (TPSA) is 167 Å². The summed E-state index contributed by atoms with van der Waals surface area (Å²) in [5, 5.41) is 2.88. The minimum Gasteiger partial charge on any atom is -0.453 e. The summed E-state index contributed by atoms with van der Waals surface area (Å²) >= 11 is 0. The maximum atomic E-state index is 13.7. The Morgan fingerprint density at radius 2 is 1.15 bits per heavy atom. The molecule has 60 heavy (non-hydrogen) atoms. The molecular formula is C46H54N8O6. The minimum absolute atomic E-state index is 0.0139. The Hall–Kier alpha value is -5.76. The standard InChI is InChI=1S/C46H54N8O6/c1-58-46(57)48-35-19-13-31(14-20-35)45(56)54-24-4-6-41(54)43-50-37-22-16-33(26-39(37)52-43)29-9-7-28(8-10-29)32-15-21-36-38(25-32)51-42(49-36)40-5-3-23-53(40)44(55)30-11-17-34(18-12-30)47-27-60-59-2/h7-10,15-16,21-22,25-27,30-31,34-35,40-41H,3-6,11-14,17-20,23-24H2,1-2H3,(H,48,57)(H,49,51)(H,50,52)/t30?,31?,34?,35?,40-,41-/m0/s1. The molecular weight excluding hydrogens is 761 g/mol. The van der Waals surface area contributed by atoms with E-state index in [0.29, 0.717) is 0 Å². The third kappa shape index (κ3) is 8.21. The number of nitrogens with zero attached hydrogens (tertiary/aromatic N) is 5. The average molecular weight is 815 g/mol. The van der Waals surface area contributed by atoms with Gasteiger partial charge in [-0.3, -0.25) is 14.6 Å². The summed E-state index contributed by atoms with van der Waals surface area (Å²) in [6.45, 7) is 1.49. The lowest BCUT2D eigenvalue weighted by molar-refractivity contribution is -0.188. The summed E-state index contributed by atoms with van der Waals surface area (Å²) in [6.07, 6.45) is 11.1. The van der Waals surface area contributed by atoms with Crippen molar-refractivity contribution in [1.82, 2.24) is 35.1 Å². The molecule has 4 heterocycles. The molecule has 9 rings (SSSR count). The molecule has 0 radical (unpaired) electrons. The molecule has 5 aromatic rings. The van der Waals surface area contributed by atoms with E-state index in [-0.39, 0.29) is 47.8 Å². The molecule has 0 bridgehead atoms. The molecule has 2 saturated heterocycles. The number of nitrogens with one attached hydrogen (secondary N) is 3. The molecule has 4 fully saturated rings.